The van der Waals surface area contributed by atoms with Gasteiger partial charge in [-0.1, -0.05) is 25.1 Å². The fraction of sp³-hybridized carbons (Fsp3) is 0.400. The second-order valence-electron chi connectivity index (χ2n) is 6.90. The highest BCUT2D eigenvalue weighted by Gasteiger charge is 2.27. The van der Waals surface area contributed by atoms with Gasteiger partial charge in [-0.2, -0.15) is 5.10 Å². The number of aromatic nitrogens is 4. The van der Waals surface area contributed by atoms with Crippen LogP contribution in [-0.2, 0) is 4.79 Å². The van der Waals surface area contributed by atoms with Crippen molar-refractivity contribution < 1.29 is 4.79 Å². The van der Waals surface area contributed by atoms with E-state index in [0.717, 1.165) is 54.9 Å². The van der Waals surface area contributed by atoms with E-state index in [0.29, 0.717) is 6.54 Å². The van der Waals surface area contributed by atoms with Crippen molar-refractivity contribution >= 4 is 22.8 Å². The molecule has 0 radical (unpaired) electrons. The number of para-hydroxylation sites is 1. The molecule has 7 nitrogen and oxygen atoms in total. The average molecular weight is 364 g/mol. The Balaban J connectivity index is 1.62. The zero-order valence-electron chi connectivity index (χ0n) is 15.5. The number of anilines is 1. The molecule has 0 aliphatic carbocycles. The summed E-state index contributed by atoms with van der Waals surface area (Å²) in [4.78, 5) is 23.6. The van der Waals surface area contributed by atoms with E-state index in [-0.39, 0.29) is 11.8 Å². The van der Waals surface area contributed by atoms with Gasteiger partial charge in [-0.25, -0.2) is 14.6 Å². The number of nitrogens with zero attached hydrogens (tertiary/aromatic N) is 5. The molecule has 27 heavy (non-hydrogen) atoms. The van der Waals surface area contributed by atoms with Crippen LogP contribution in [0.1, 0.15) is 26.2 Å². The van der Waals surface area contributed by atoms with Crippen molar-refractivity contribution in [3.63, 3.8) is 0 Å². The van der Waals surface area contributed by atoms with Gasteiger partial charge >= 0.3 is 0 Å². The van der Waals surface area contributed by atoms with E-state index < -0.39 is 0 Å². The first-order valence-electron chi connectivity index (χ1n) is 9.54. The number of nitrogens with one attached hydrogen (secondary N) is 1. The number of rotatable bonds is 5. The number of carbonyl (C=O) groups is 1. The van der Waals surface area contributed by atoms with Gasteiger partial charge in [0, 0.05) is 19.6 Å². The second kappa shape index (κ2) is 7.73. The van der Waals surface area contributed by atoms with Gasteiger partial charge in [0.1, 0.15) is 12.1 Å². The molecule has 140 valence electrons. The van der Waals surface area contributed by atoms with E-state index in [4.69, 9.17) is 0 Å². The third-order valence-corrected chi connectivity index (χ3v) is 4.99. The minimum absolute atomic E-state index is 0.000478. The minimum atomic E-state index is -0.000478. The third kappa shape index (κ3) is 3.49. The van der Waals surface area contributed by atoms with Crippen LogP contribution in [0.25, 0.3) is 16.7 Å². The quantitative estimate of drug-likeness (QED) is 0.753. The largest absolute Gasteiger partial charge is 0.356 e. The predicted molar refractivity (Wildman–Crippen MR) is 105 cm³/mol. The topological polar surface area (TPSA) is 75.9 Å². The van der Waals surface area contributed by atoms with Crippen LogP contribution in [-0.4, -0.2) is 45.3 Å². The Morgan fingerprint density at radius 3 is 2.93 bits per heavy atom. The van der Waals surface area contributed by atoms with Gasteiger partial charge in [0.05, 0.1) is 23.2 Å². The molecule has 3 heterocycles. The molecule has 3 aromatic rings. The van der Waals surface area contributed by atoms with Crippen molar-refractivity contribution in [1.82, 2.24) is 25.1 Å². The summed E-state index contributed by atoms with van der Waals surface area (Å²) in [5, 5.41) is 8.46. The van der Waals surface area contributed by atoms with E-state index in [9.17, 15) is 4.79 Å². The summed E-state index contributed by atoms with van der Waals surface area (Å²) in [6, 6.07) is 9.95. The van der Waals surface area contributed by atoms with Crippen molar-refractivity contribution in [1.29, 1.82) is 0 Å². The molecule has 1 saturated heterocycles. The standard InChI is InChI=1S/C20H24N6O/c1-2-10-21-20(27)15-7-6-11-25(13-15)18-17-12-24-26(19(17)23-14-22-18)16-8-4-3-5-9-16/h3-5,8-9,12,14-15H,2,6-7,10-11,13H2,1H3,(H,21,27). The third-order valence-electron chi connectivity index (χ3n) is 4.99. The fourth-order valence-corrected chi connectivity index (χ4v) is 3.62. The monoisotopic (exact) mass is 364 g/mol. The van der Waals surface area contributed by atoms with Crippen LogP contribution < -0.4 is 10.2 Å². The van der Waals surface area contributed by atoms with Gasteiger partial charge in [0.25, 0.3) is 0 Å². The maximum atomic E-state index is 12.4. The highest BCUT2D eigenvalue weighted by atomic mass is 16.1. The number of piperidine rings is 1. The van der Waals surface area contributed by atoms with Gasteiger partial charge in [0.2, 0.25) is 5.91 Å². The summed E-state index contributed by atoms with van der Waals surface area (Å²) in [7, 11) is 0. The Labute approximate surface area is 158 Å². The molecule has 1 aliphatic rings. The number of benzene rings is 1. The Bertz CT molecular complexity index is 923. The van der Waals surface area contributed by atoms with E-state index in [2.05, 4.69) is 32.2 Å². The lowest BCUT2D eigenvalue weighted by atomic mass is 9.97. The molecule has 0 spiro atoms. The highest BCUT2D eigenvalue weighted by molar-refractivity contribution is 5.88. The number of carbonyl (C=O) groups excluding carboxylic acids is 1. The second-order valence-corrected chi connectivity index (χ2v) is 6.90. The van der Waals surface area contributed by atoms with Crippen LogP contribution in [0.4, 0.5) is 5.82 Å². The molecule has 1 aromatic carbocycles. The first-order valence-corrected chi connectivity index (χ1v) is 9.54. The van der Waals surface area contributed by atoms with Crippen LogP contribution in [0.3, 0.4) is 0 Å². The van der Waals surface area contributed by atoms with Crippen LogP contribution >= 0.6 is 0 Å². The minimum Gasteiger partial charge on any atom is -0.356 e. The molecule has 1 unspecified atom stereocenters. The molecule has 4 rings (SSSR count). The zero-order valence-corrected chi connectivity index (χ0v) is 15.5. The molecule has 0 saturated carbocycles. The molecule has 7 heteroatoms. The molecule has 1 aliphatic heterocycles. The van der Waals surface area contributed by atoms with Gasteiger partial charge < -0.3 is 10.2 Å². The summed E-state index contributed by atoms with van der Waals surface area (Å²) in [6.45, 7) is 4.37. The number of fused-ring (bicyclic) bond motifs is 1. The molecule has 2 aromatic heterocycles. The fourth-order valence-electron chi connectivity index (χ4n) is 3.62. The van der Waals surface area contributed by atoms with E-state index >= 15 is 0 Å². The molecular formula is C20H24N6O. The van der Waals surface area contributed by atoms with Crippen molar-refractivity contribution in [3.05, 3.63) is 42.9 Å². The van der Waals surface area contributed by atoms with Crippen molar-refractivity contribution in [2.24, 2.45) is 5.92 Å². The Hall–Kier alpha value is -2.96. The summed E-state index contributed by atoms with van der Waals surface area (Å²) in [5.41, 5.74) is 1.75. The van der Waals surface area contributed by atoms with Gasteiger partial charge in [-0.15, -0.1) is 0 Å². The molecule has 1 fully saturated rings. The van der Waals surface area contributed by atoms with Gasteiger partial charge in [-0.05, 0) is 31.4 Å². The predicted octanol–water partition coefficient (Wildman–Crippen LogP) is 2.56. The highest BCUT2D eigenvalue weighted by Crippen LogP contribution is 2.28. The molecule has 1 atom stereocenters. The van der Waals surface area contributed by atoms with E-state index in [1.807, 2.05) is 41.2 Å². The lowest BCUT2D eigenvalue weighted by Gasteiger charge is -2.33. The van der Waals surface area contributed by atoms with Crippen LogP contribution in [0.5, 0.6) is 0 Å². The Kier molecular flexibility index (Phi) is 5.00. The molecule has 1 N–H and O–H groups in total. The Morgan fingerprint density at radius 1 is 1.26 bits per heavy atom. The lowest BCUT2D eigenvalue weighted by Crippen LogP contribution is -2.43. The van der Waals surface area contributed by atoms with Crippen molar-refractivity contribution in [2.45, 2.75) is 26.2 Å². The van der Waals surface area contributed by atoms with Gasteiger partial charge in [0.15, 0.2) is 5.65 Å². The first-order chi connectivity index (χ1) is 13.3. The van der Waals surface area contributed by atoms with Crippen LogP contribution in [0, 0.1) is 5.92 Å². The normalized spacial score (nSPS) is 17.2. The number of amides is 1. The smallest absolute Gasteiger partial charge is 0.224 e. The number of hydrogen-bond donors (Lipinski definition) is 1. The van der Waals surface area contributed by atoms with Crippen LogP contribution in [0.2, 0.25) is 0 Å². The maximum Gasteiger partial charge on any atom is 0.224 e. The lowest BCUT2D eigenvalue weighted by molar-refractivity contribution is -0.125. The zero-order chi connectivity index (χ0) is 18.6. The first kappa shape index (κ1) is 17.5. The van der Waals surface area contributed by atoms with E-state index in [1.54, 1.807) is 6.33 Å². The molecular weight excluding hydrogens is 340 g/mol. The van der Waals surface area contributed by atoms with Gasteiger partial charge in [-0.3, -0.25) is 4.79 Å². The Morgan fingerprint density at radius 2 is 2.11 bits per heavy atom. The summed E-state index contributed by atoms with van der Waals surface area (Å²) in [6.07, 6.45) is 6.25. The summed E-state index contributed by atoms with van der Waals surface area (Å²) >= 11 is 0. The molecule has 1 amide bonds. The van der Waals surface area contributed by atoms with Crippen molar-refractivity contribution in [2.75, 3.05) is 24.5 Å². The van der Waals surface area contributed by atoms with E-state index in [1.165, 1.54) is 0 Å². The summed E-state index contributed by atoms with van der Waals surface area (Å²) in [5.74, 6) is 1.00. The van der Waals surface area contributed by atoms with Crippen LogP contribution in [0.15, 0.2) is 42.9 Å². The average Bonchev–Trinajstić information content (AvgIpc) is 3.17. The summed E-state index contributed by atoms with van der Waals surface area (Å²) < 4.78 is 1.83. The maximum absolute atomic E-state index is 12.4. The number of hydrogen-bond acceptors (Lipinski definition) is 5. The SMILES string of the molecule is CCCNC(=O)C1CCCN(c2ncnc3c2cnn3-c2ccccc2)C1. The molecule has 0 bridgehead atoms. The van der Waals surface area contributed by atoms with Crippen molar-refractivity contribution in [3.8, 4) is 5.69 Å².